The van der Waals surface area contributed by atoms with Crippen molar-refractivity contribution < 1.29 is 76.1 Å². The number of carbonyl (C=O) groups excluding carboxylic acids is 6. The Labute approximate surface area is 559 Å². The van der Waals surface area contributed by atoms with Gasteiger partial charge in [-0.1, -0.05) is 98.4 Å². The summed E-state index contributed by atoms with van der Waals surface area (Å²) in [6.07, 6.45) is 17.5. The molecule has 93 heavy (non-hydrogen) atoms. The van der Waals surface area contributed by atoms with Crippen LogP contribution in [0.1, 0.15) is 172 Å². The number of ether oxygens (including phenoxy) is 10. The van der Waals surface area contributed by atoms with Gasteiger partial charge in [0.15, 0.2) is 0 Å². The maximum Gasteiger partial charge on any atom is 0.333 e. The predicted molar refractivity (Wildman–Crippen MR) is 370 cm³/mol. The zero-order valence-corrected chi connectivity index (χ0v) is 58.7. The monoisotopic (exact) mass is 1300 g/mol. The molecule has 6 fully saturated rings. The summed E-state index contributed by atoms with van der Waals surface area (Å²) in [5.41, 5.74) is 3.10. The van der Waals surface area contributed by atoms with Crippen LogP contribution in [0.3, 0.4) is 0 Å². The number of esters is 6. The molecule has 522 valence electrons. The Morgan fingerprint density at radius 3 is 1.04 bits per heavy atom. The first-order chi connectivity index (χ1) is 43.5. The molecule has 0 saturated heterocycles. The van der Waals surface area contributed by atoms with Crippen LogP contribution in [0.25, 0.3) is 0 Å². The Hall–Kier alpha value is -6.78. The van der Waals surface area contributed by atoms with Gasteiger partial charge < -0.3 is 47.4 Å². The molecular formula is C77H118O16. The molecule has 2 aromatic rings. The van der Waals surface area contributed by atoms with E-state index in [4.69, 9.17) is 33.2 Å². The van der Waals surface area contributed by atoms with Gasteiger partial charge in [0.2, 0.25) is 0 Å². The average Bonchev–Trinajstić information content (AvgIpc) is 1.64. The lowest BCUT2D eigenvalue weighted by molar-refractivity contribution is -0.161. The average molecular weight is 1300 g/mol. The molecule has 0 N–H and O–H groups in total. The van der Waals surface area contributed by atoms with Crippen LogP contribution in [0.2, 0.25) is 0 Å². The van der Waals surface area contributed by atoms with Crippen LogP contribution < -0.4 is 9.47 Å². The van der Waals surface area contributed by atoms with Crippen molar-refractivity contribution in [2.45, 2.75) is 167 Å². The highest BCUT2D eigenvalue weighted by atomic mass is 16.6. The summed E-state index contributed by atoms with van der Waals surface area (Å²) < 4.78 is 50.1. The molecule has 6 aliphatic rings. The second-order valence-electron chi connectivity index (χ2n) is 26.1. The molecule has 4 bridgehead atoms. The van der Waals surface area contributed by atoms with Crippen molar-refractivity contribution in [3.63, 3.8) is 0 Å². The zero-order valence-electron chi connectivity index (χ0n) is 58.7. The van der Waals surface area contributed by atoms with E-state index in [9.17, 15) is 28.8 Å². The summed E-state index contributed by atoms with van der Waals surface area (Å²) in [7, 11) is 4.77. The van der Waals surface area contributed by atoms with Crippen molar-refractivity contribution in [3.05, 3.63) is 133 Å². The van der Waals surface area contributed by atoms with Gasteiger partial charge in [0.25, 0.3) is 0 Å². The summed E-state index contributed by atoms with van der Waals surface area (Å²) in [5.74, 6) is 9.31. The Balaban J connectivity index is 0.000000585. The molecule has 16 heteroatoms. The van der Waals surface area contributed by atoms with Crippen LogP contribution in [0, 0.1) is 58.7 Å². The van der Waals surface area contributed by atoms with Crippen LogP contribution in [0.5, 0.6) is 11.5 Å². The van der Waals surface area contributed by atoms with Gasteiger partial charge in [-0.15, -0.1) is 0 Å². The van der Waals surface area contributed by atoms with Gasteiger partial charge in [0.05, 0.1) is 32.3 Å². The summed E-state index contributed by atoms with van der Waals surface area (Å²) in [5, 5.41) is 0. The predicted octanol–water partition coefficient (Wildman–Crippen LogP) is 15.9. The first kappa shape index (κ1) is 84.2. The molecule has 0 spiro atoms. The number of hydrogen-bond acceptors (Lipinski definition) is 16. The van der Waals surface area contributed by atoms with Crippen LogP contribution in [-0.4, -0.2) is 117 Å². The first-order valence-electron chi connectivity index (χ1n) is 32.8. The van der Waals surface area contributed by atoms with Gasteiger partial charge in [-0.2, -0.15) is 0 Å². The van der Waals surface area contributed by atoms with Crippen molar-refractivity contribution >= 4 is 35.8 Å². The third-order valence-corrected chi connectivity index (χ3v) is 17.9. The van der Waals surface area contributed by atoms with Crippen LogP contribution in [-0.2, 0) is 72.1 Å². The lowest BCUT2D eigenvalue weighted by Crippen LogP contribution is -2.43. The molecule has 6 saturated carbocycles. The Bertz CT molecular complexity index is 2580. The fourth-order valence-corrected chi connectivity index (χ4v) is 13.0. The maximum absolute atomic E-state index is 11.7. The fourth-order valence-electron chi connectivity index (χ4n) is 13.0. The van der Waals surface area contributed by atoms with Gasteiger partial charge in [0.1, 0.15) is 44.5 Å². The molecule has 0 aromatic heterocycles. The molecule has 8 rings (SSSR count). The minimum absolute atomic E-state index is 0. The Kier molecular flexibility index (Phi) is 39.2. The minimum atomic E-state index is -1.07. The van der Waals surface area contributed by atoms with Gasteiger partial charge in [0, 0.05) is 59.7 Å². The van der Waals surface area contributed by atoms with E-state index in [1.165, 1.54) is 86.4 Å². The zero-order chi connectivity index (χ0) is 69.3. The van der Waals surface area contributed by atoms with Crippen molar-refractivity contribution in [2.24, 2.45) is 58.7 Å². The van der Waals surface area contributed by atoms with Crippen molar-refractivity contribution in [1.82, 2.24) is 0 Å². The fraction of sp³-hybridized carbons (Fsp3) is 0.610. The van der Waals surface area contributed by atoms with Crippen molar-refractivity contribution in [3.8, 4) is 11.5 Å². The lowest BCUT2D eigenvalue weighted by atomic mass is 9.78. The summed E-state index contributed by atoms with van der Waals surface area (Å²) in [4.78, 5) is 67.2. The second kappa shape index (κ2) is 43.3. The van der Waals surface area contributed by atoms with Crippen molar-refractivity contribution in [2.75, 3.05) is 80.8 Å². The Morgan fingerprint density at radius 1 is 0.419 bits per heavy atom. The van der Waals surface area contributed by atoms with Gasteiger partial charge >= 0.3 is 35.8 Å². The third kappa shape index (κ3) is 28.8. The minimum Gasteiger partial charge on any atom is -0.497 e. The Morgan fingerprint density at radius 2 is 0.742 bits per heavy atom. The molecule has 16 nitrogen and oxygen atoms in total. The molecule has 0 radical (unpaired) electrons. The highest BCUT2D eigenvalue weighted by Gasteiger charge is 2.51. The highest BCUT2D eigenvalue weighted by Crippen LogP contribution is 2.60. The summed E-state index contributed by atoms with van der Waals surface area (Å²) in [6.45, 7) is 44.1. The summed E-state index contributed by atoms with van der Waals surface area (Å²) >= 11 is 0. The standard InChI is InChI=1S/C22H26O4.C18H26O7.C11H18.C10H16.2C6H10O2.C3H8O.CH4/c1-16(2)21(23)26-15-14-25-20-12-8-18(9-13-20)22(3,4)17-6-10-19(24-5)11-7-17;1-12(2)15(19)23-9-18(8-22-7,10-24-16(20)13(3)4)11-25-17(21)14(5)6;1-7-4-10-8-2-3-9(6-8)11(10)5-7;1-2-9-7-4-5-8(6-7)10(9)3-1;2*1-4-8-6(7)5(2)3;1-3-4-2;/h6-13H,1,14-15H2,2-5H3;1,3,5,8-11H2,2,4,6-7H3;7-11H,2-6H2,1H3;7-10H,1-6H2;2*2,4H2,1,3H3;3H2,1-2H3;1H4. The quantitative estimate of drug-likeness (QED) is 0.0416. The first-order valence-corrected chi connectivity index (χ1v) is 32.8. The second-order valence-corrected chi connectivity index (χ2v) is 26.1. The lowest BCUT2D eigenvalue weighted by Gasteiger charge is -2.31. The molecule has 8 unspecified atom stereocenters. The number of methoxy groups -OCH3 is 3. The number of carbonyl (C=O) groups is 6. The number of fused-ring (bicyclic) bond motifs is 10. The van der Waals surface area contributed by atoms with E-state index in [-0.39, 0.29) is 74.5 Å². The molecule has 8 atom stereocenters. The molecule has 0 amide bonds. The van der Waals surface area contributed by atoms with Crippen LogP contribution in [0.15, 0.2) is 121 Å². The van der Waals surface area contributed by atoms with Gasteiger partial charge in [-0.05, 0) is 215 Å². The van der Waals surface area contributed by atoms with E-state index in [2.05, 4.69) is 98.7 Å². The van der Waals surface area contributed by atoms with Crippen molar-refractivity contribution in [1.29, 1.82) is 0 Å². The molecule has 0 aliphatic heterocycles. The van der Waals surface area contributed by atoms with E-state index in [1.54, 1.807) is 119 Å². The van der Waals surface area contributed by atoms with Crippen LogP contribution in [0.4, 0.5) is 0 Å². The number of hydrogen-bond donors (Lipinski definition) is 0. The normalized spacial score (nSPS) is 21.0. The topological polar surface area (TPSA) is 195 Å². The van der Waals surface area contributed by atoms with E-state index < -0.39 is 29.3 Å². The number of benzene rings is 2. The van der Waals surface area contributed by atoms with E-state index in [0.29, 0.717) is 36.5 Å². The summed E-state index contributed by atoms with van der Waals surface area (Å²) in [6, 6.07) is 16.1. The molecule has 0 heterocycles. The molecular weight excluding hydrogens is 1180 g/mol. The SMILES string of the molecule is C.C1CC2C3CCC(C3)C2C1.C=C(C)C(=O)OCC.C=C(C)C(=O)OCC.C=C(C)C(=O)OCC(COC)(COC(=O)C(=C)C)COC(=O)C(=C)C.C=C(C)C(=O)OCCOc1ccc(C(C)(C)c2ccc(OC)cc2)cc1.CC1CC2C3CCC(C3)C2C1.CCOC. The molecule has 6 aliphatic carbocycles. The van der Waals surface area contributed by atoms with Crippen LogP contribution >= 0.6 is 0 Å². The highest BCUT2D eigenvalue weighted by molar-refractivity contribution is 5.89. The van der Waals surface area contributed by atoms with E-state index in [0.717, 1.165) is 24.0 Å². The third-order valence-electron chi connectivity index (χ3n) is 17.9. The van der Waals surface area contributed by atoms with Gasteiger partial charge in [-0.3, -0.25) is 0 Å². The van der Waals surface area contributed by atoms with Gasteiger partial charge in [-0.25, -0.2) is 28.8 Å². The maximum atomic E-state index is 11.7. The molecule has 2 aromatic carbocycles. The number of rotatable bonds is 24. The smallest absolute Gasteiger partial charge is 0.333 e. The van der Waals surface area contributed by atoms with E-state index >= 15 is 0 Å². The largest absolute Gasteiger partial charge is 0.497 e. The van der Waals surface area contributed by atoms with E-state index in [1.807, 2.05) is 31.2 Å².